The van der Waals surface area contributed by atoms with Gasteiger partial charge in [-0.15, -0.1) is 0 Å². The SMILES string of the molecule is Cc1c(F)cccc1NC(=O)[C@@H](CC(N)=O)NC(=O)OC(C)(C)C. The van der Waals surface area contributed by atoms with Crippen LogP contribution < -0.4 is 16.4 Å². The highest BCUT2D eigenvalue weighted by molar-refractivity contribution is 5.99. The van der Waals surface area contributed by atoms with Crippen LogP contribution in [0.1, 0.15) is 32.8 Å². The third-order valence-corrected chi connectivity index (χ3v) is 2.94. The van der Waals surface area contributed by atoms with Crippen molar-refractivity contribution in [1.82, 2.24) is 5.32 Å². The average molecular weight is 339 g/mol. The van der Waals surface area contributed by atoms with Crippen LogP contribution >= 0.6 is 0 Å². The van der Waals surface area contributed by atoms with Crippen LogP contribution in [0.4, 0.5) is 14.9 Å². The Kier molecular flexibility index (Phi) is 6.27. The number of carbonyl (C=O) groups is 3. The molecule has 0 unspecified atom stereocenters. The first kappa shape index (κ1) is 19.4. The van der Waals surface area contributed by atoms with Crippen molar-refractivity contribution >= 4 is 23.6 Å². The molecule has 0 aromatic heterocycles. The normalized spacial score (nSPS) is 12.2. The zero-order valence-electron chi connectivity index (χ0n) is 14.1. The number of rotatable bonds is 5. The van der Waals surface area contributed by atoms with Gasteiger partial charge in [-0.3, -0.25) is 9.59 Å². The largest absolute Gasteiger partial charge is 0.444 e. The summed E-state index contributed by atoms with van der Waals surface area (Å²) in [6.07, 6.45) is -1.28. The van der Waals surface area contributed by atoms with Gasteiger partial charge in [-0.25, -0.2) is 9.18 Å². The van der Waals surface area contributed by atoms with Crippen LogP contribution in [0.25, 0.3) is 0 Å². The number of anilines is 1. The highest BCUT2D eigenvalue weighted by Gasteiger charge is 2.26. The van der Waals surface area contributed by atoms with Crippen molar-refractivity contribution in [1.29, 1.82) is 0 Å². The second kappa shape index (κ2) is 7.76. The fourth-order valence-corrected chi connectivity index (χ4v) is 1.82. The number of amides is 3. The number of ether oxygens (including phenoxy) is 1. The summed E-state index contributed by atoms with van der Waals surface area (Å²) in [5.41, 5.74) is 4.82. The van der Waals surface area contributed by atoms with Crippen LogP contribution in [0.3, 0.4) is 0 Å². The summed E-state index contributed by atoms with van der Waals surface area (Å²) in [6.45, 7) is 6.47. The Hall–Kier alpha value is -2.64. The lowest BCUT2D eigenvalue weighted by atomic mass is 10.1. The summed E-state index contributed by atoms with van der Waals surface area (Å²) < 4.78 is 18.6. The third-order valence-electron chi connectivity index (χ3n) is 2.94. The van der Waals surface area contributed by atoms with Gasteiger partial charge >= 0.3 is 6.09 Å². The number of nitrogens with one attached hydrogen (secondary N) is 2. The summed E-state index contributed by atoms with van der Waals surface area (Å²) in [6, 6.07) is 2.96. The van der Waals surface area contributed by atoms with E-state index in [-0.39, 0.29) is 11.3 Å². The van der Waals surface area contributed by atoms with Crippen LogP contribution in [0, 0.1) is 12.7 Å². The van der Waals surface area contributed by atoms with Gasteiger partial charge in [0, 0.05) is 11.3 Å². The van der Waals surface area contributed by atoms with Gasteiger partial charge in [0.15, 0.2) is 0 Å². The predicted molar refractivity (Wildman–Crippen MR) is 86.7 cm³/mol. The Morgan fingerprint density at radius 2 is 1.92 bits per heavy atom. The van der Waals surface area contributed by atoms with Gasteiger partial charge in [-0.1, -0.05) is 6.07 Å². The van der Waals surface area contributed by atoms with E-state index in [0.29, 0.717) is 0 Å². The minimum absolute atomic E-state index is 0.237. The van der Waals surface area contributed by atoms with Gasteiger partial charge in [0.25, 0.3) is 0 Å². The number of alkyl carbamates (subject to hydrolysis) is 1. The maximum atomic E-state index is 13.5. The molecule has 0 saturated heterocycles. The van der Waals surface area contributed by atoms with Gasteiger partial charge in [-0.05, 0) is 39.8 Å². The summed E-state index contributed by atoms with van der Waals surface area (Å²) >= 11 is 0. The van der Waals surface area contributed by atoms with Crippen molar-refractivity contribution in [3.05, 3.63) is 29.6 Å². The Bertz CT molecular complexity index is 641. The van der Waals surface area contributed by atoms with Crippen molar-refractivity contribution in [3.8, 4) is 0 Å². The summed E-state index contributed by atoms with van der Waals surface area (Å²) in [5.74, 6) is -1.96. The number of nitrogens with two attached hydrogens (primary N) is 1. The molecule has 0 spiro atoms. The van der Waals surface area contributed by atoms with Gasteiger partial charge in [0.1, 0.15) is 17.5 Å². The highest BCUT2D eigenvalue weighted by Crippen LogP contribution is 2.18. The standard InChI is InChI=1S/C16H22FN3O4/c1-9-10(17)6-5-7-11(9)19-14(22)12(8-13(18)21)20-15(23)24-16(2,3)4/h5-7,12H,8H2,1-4H3,(H2,18,21)(H,19,22)(H,20,23)/t12-/m1/s1. The molecule has 4 N–H and O–H groups in total. The van der Waals surface area contributed by atoms with E-state index < -0.39 is 41.8 Å². The summed E-state index contributed by atoms with van der Waals surface area (Å²) in [5, 5.41) is 4.76. The van der Waals surface area contributed by atoms with Crippen LogP contribution in [-0.4, -0.2) is 29.6 Å². The van der Waals surface area contributed by atoms with E-state index in [4.69, 9.17) is 10.5 Å². The number of halogens is 1. The third kappa shape index (κ3) is 6.23. The van der Waals surface area contributed by atoms with Gasteiger partial charge in [0.05, 0.1) is 6.42 Å². The number of benzene rings is 1. The fourth-order valence-electron chi connectivity index (χ4n) is 1.82. The van der Waals surface area contributed by atoms with Crippen LogP contribution in [0.15, 0.2) is 18.2 Å². The van der Waals surface area contributed by atoms with E-state index in [9.17, 15) is 18.8 Å². The molecular formula is C16H22FN3O4. The molecule has 1 atom stereocenters. The molecule has 3 amide bonds. The minimum Gasteiger partial charge on any atom is -0.444 e. The lowest BCUT2D eigenvalue weighted by molar-refractivity contribution is -0.124. The van der Waals surface area contributed by atoms with E-state index in [1.807, 2.05) is 0 Å². The molecule has 0 aliphatic carbocycles. The maximum Gasteiger partial charge on any atom is 0.408 e. The molecule has 0 fully saturated rings. The Labute approximate surface area is 139 Å². The molecule has 0 aliphatic heterocycles. The molecule has 8 heteroatoms. The second-order valence-corrected chi connectivity index (χ2v) is 6.27. The smallest absolute Gasteiger partial charge is 0.408 e. The molecule has 1 rings (SSSR count). The van der Waals surface area contributed by atoms with Crippen molar-refractivity contribution in [2.24, 2.45) is 5.73 Å². The molecule has 0 saturated carbocycles. The first-order valence-corrected chi connectivity index (χ1v) is 7.33. The zero-order valence-corrected chi connectivity index (χ0v) is 14.1. The topological polar surface area (TPSA) is 111 Å². The van der Waals surface area contributed by atoms with Gasteiger partial charge in [-0.2, -0.15) is 0 Å². The Balaban J connectivity index is 2.87. The van der Waals surface area contributed by atoms with Gasteiger partial charge in [0.2, 0.25) is 11.8 Å². The van der Waals surface area contributed by atoms with E-state index >= 15 is 0 Å². The molecule has 0 aliphatic rings. The predicted octanol–water partition coefficient (Wildman–Crippen LogP) is 1.84. The van der Waals surface area contributed by atoms with Crippen molar-refractivity contribution in [2.45, 2.75) is 45.8 Å². The van der Waals surface area contributed by atoms with Crippen LogP contribution in [0.5, 0.6) is 0 Å². The number of hydrogen-bond donors (Lipinski definition) is 3. The van der Waals surface area contributed by atoms with Gasteiger partial charge < -0.3 is 21.1 Å². The van der Waals surface area contributed by atoms with Crippen LogP contribution in [-0.2, 0) is 14.3 Å². The minimum atomic E-state index is -1.24. The monoisotopic (exact) mass is 339 g/mol. The maximum absolute atomic E-state index is 13.5. The Morgan fingerprint density at radius 1 is 1.29 bits per heavy atom. The first-order chi connectivity index (χ1) is 11.0. The molecule has 0 radical (unpaired) electrons. The fraction of sp³-hybridized carbons (Fsp3) is 0.438. The van der Waals surface area contributed by atoms with E-state index in [1.54, 1.807) is 20.8 Å². The van der Waals surface area contributed by atoms with Crippen molar-refractivity contribution in [3.63, 3.8) is 0 Å². The van der Waals surface area contributed by atoms with Crippen molar-refractivity contribution in [2.75, 3.05) is 5.32 Å². The quantitative estimate of drug-likeness (QED) is 0.760. The van der Waals surface area contributed by atoms with Crippen LogP contribution in [0.2, 0.25) is 0 Å². The zero-order chi connectivity index (χ0) is 18.5. The highest BCUT2D eigenvalue weighted by atomic mass is 19.1. The molecule has 1 aromatic carbocycles. The molecule has 24 heavy (non-hydrogen) atoms. The Morgan fingerprint density at radius 3 is 2.46 bits per heavy atom. The number of hydrogen-bond acceptors (Lipinski definition) is 4. The molecule has 132 valence electrons. The number of carbonyl (C=O) groups excluding carboxylic acids is 3. The summed E-state index contributed by atoms with van der Waals surface area (Å²) in [4.78, 5) is 35.2. The average Bonchev–Trinajstić information content (AvgIpc) is 2.40. The second-order valence-electron chi connectivity index (χ2n) is 6.27. The molecule has 0 bridgehead atoms. The molecule has 0 heterocycles. The number of primary amides is 1. The lowest BCUT2D eigenvalue weighted by Crippen LogP contribution is -2.47. The molecule has 7 nitrogen and oxygen atoms in total. The first-order valence-electron chi connectivity index (χ1n) is 7.33. The lowest BCUT2D eigenvalue weighted by Gasteiger charge is -2.23. The van der Waals surface area contributed by atoms with E-state index in [2.05, 4.69) is 10.6 Å². The van der Waals surface area contributed by atoms with E-state index in [1.165, 1.54) is 25.1 Å². The molecule has 1 aromatic rings. The summed E-state index contributed by atoms with van der Waals surface area (Å²) in [7, 11) is 0. The molecular weight excluding hydrogens is 317 g/mol. The van der Waals surface area contributed by atoms with Crippen molar-refractivity contribution < 1.29 is 23.5 Å². The van der Waals surface area contributed by atoms with E-state index in [0.717, 1.165) is 0 Å².